The molecule has 2 rings (SSSR count). The highest BCUT2D eigenvalue weighted by atomic mass is 16.5. The van der Waals surface area contributed by atoms with Gasteiger partial charge in [0.05, 0.1) is 44.2 Å². The van der Waals surface area contributed by atoms with Gasteiger partial charge in [0.15, 0.2) is 6.29 Å². The van der Waals surface area contributed by atoms with Gasteiger partial charge in [-0.3, -0.25) is 24.1 Å². The second kappa shape index (κ2) is 20.9. The van der Waals surface area contributed by atoms with Crippen LogP contribution in [0, 0.1) is 0 Å². The number of aliphatic hydroxyl groups is 1. The number of hydrogen-bond acceptors (Lipinski definition) is 10. The molecule has 12 nitrogen and oxygen atoms in total. The molecular weight excluding hydrogens is 486 g/mol. The highest BCUT2D eigenvalue weighted by Gasteiger charge is 2.44. The number of hydrogen-bond donors (Lipinski definition) is 3. The number of nitrogens with one attached hydrogen (secondary N) is 2. The fraction of sp³-hybridized carbons (Fsp3) is 0.560. The second-order valence-corrected chi connectivity index (χ2v) is 7.06. The minimum atomic E-state index is -1.09. The maximum Gasteiger partial charge on any atom is 0.266 e. The zero-order chi connectivity index (χ0) is 28.1. The van der Waals surface area contributed by atoms with E-state index in [0.717, 1.165) is 11.4 Å². The van der Waals surface area contributed by atoms with Gasteiger partial charge in [0, 0.05) is 20.0 Å². The van der Waals surface area contributed by atoms with Crippen molar-refractivity contribution in [3.8, 4) is 5.75 Å². The first-order valence-electron chi connectivity index (χ1n) is 12.1. The van der Waals surface area contributed by atoms with Crippen molar-refractivity contribution in [1.29, 1.82) is 0 Å². The predicted molar refractivity (Wildman–Crippen MR) is 136 cm³/mol. The topological polar surface area (TPSA) is 161 Å². The molecule has 37 heavy (non-hydrogen) atoms. The fourth-order valence-electron chi connectivity index (χ4n) is 3.13. The molecule has 0 bridgehead atoms. The summed E-state index contributed by atoms with van der Waals surface area (Å²) in [6.07, 6.45) is 1.20. The second-order valence-electron chi connectivity index (χ2n) is 7.06. The summed E-state index contributed by atoms with van der Waals surface area (Å²) in [5, 5.41) is 13.7. The van der Waals surface area contributed by atoms with Crippen LogP contribution in [0.3, 0.4) is 0 Å². The molecule has 0 aliphatic carbocycles. The van der Waals surface area contributed by atoms with Crippen molar-refractivity contribution in [3.05, 3.63) is 29.3 Å². The molecule has 1 unspecified atom stereocenters. The number of aldehydes is 2. The van der Waals surface area contributed by atoms with Crippen LogP contribution in [0.15, 0.2) is 18.2 Å². The number of amides is 3. The monoisotopic (exact) mass is 525 g/mol. The molecule has 1 atom stereocenters. The molecule has 1 aromatic rings. The lowest BCUT2D eigenvalue weighted by Crippen LogP contribution is -2.48. The van der Waals surface area contributed by atoms with Gasteiger partial charge in [0.25, 0.3) is 11.8 Å². The Hall–Kier alpha value is -3.19. The molecule has 12 heteroatoms. The normalized spacial score (nSPS) is 12.4. The number of carbonyl (C=O) groups excluding carboxylic acids is 5. The molecule has 0 fully saturated rings. The van der Waals surface area contributed by atoms with Gasteiger partial charge in [0.2, 0.25) is 5.91 Å². The SMILES string of the molecule is CC.CNC(=O)C(CCC=O)N1C(=O)c2cccc(OCC=O)c2C1=O.CNCCOCCOCCO. The van der Waals surface area contributed by atoms with Gasteiger partial charge in [-0.2, -0.15) is 0 Å². The summed E-state index contributed by atoms with van der Waals surface area (Å²) >= 11 is 0. The van der Waals surface area contributed by atoms with Crippen LogP contribution in [0.25, 0.3) is 0 Å². The first kappa shape index (κ1) is 33.8. The molecule has 1 heterocycles. The standard InChI is InChI=1S/C16H16N2O6.C7H17NO3.C2H6/c1-17-14(21)11(5-3-7-19)18-15(22)10-4-2-6-12(24-9-8-20)13(10)16(18)23;1-8-2-4-10-6-7-11-5-3-9;1-2/h2,4,6-8,11H,3,5,9H2,1H3,(H,17,21);8-9H,2-7H2,1H3;1-2H3. The Bertz CT molecular complexity index is 841. The van der Waals surface area contributed by atoms with E-state index in [1.54, 1.807) is 0 Å². The molecule has 0 saturated carbocycles. The molecule has 3 amide bonds. The number of fused-ring (bicyclic) bond motifs is 1. The van der Waals surface area contributed by atoms with Crippen LogP contribution in [0.2, 0.25) is 0 Å². The van der Waals surface area contributed by atoms with Crippen molar-refractivity contribution >= 4 is 30.3 Å². The molecule has 0 spiro atoms. The van der Waals surface area contributed by atoms with Gasteiger partial charge < -0.3 is 34.7 Å². The lowest BCUT2D eigenvalue weighted by Gasteiger charge is -2.24. The van der Waals surface area contributed by atoms with E-state index in [1.807, 2.05) is 20.9 Å². The summed E-state index contributed by atoms with van der Waals surface area (Å²) in [4.78, 5) is 59.2. The Morgan fingerprint density at radius 2 is 1.70 bits per heavy atom. The number of ether oxygens (including phenoxy) is 3. The minimum Gasteiger partial charge on any atom is -0.485 e. The van der Waals surface area contributed by atoms with Gasteiger partial charge in [-0.05, 0) is 25.6 Å². The largest absolute Gasteiger partial charge is 0.485 e. The minimum absolute atomic E-state index is 0.0179. The van der Waals surface area contributed by atoms with Gasteiger partial charge in [0.1, 0.15) is 24.7 Å². The van der Waals surface area contributed by atoms with Crippen molar-refractivity contribution in [2.24, 2.45) is 0 Å². The third-order valence-corrected chi connectivity index (χ3v) is 4.74. The number of rotatable bonds is 16. The molecule has 0 saturated heterocycles. The van der Waals surface area contributed by atoms with E-state index in [0.29, 0.717) is 39.0 Å². The van der Waals surface area contributed by atoms with Gasteiger partial charge in [-0.15, -0.1) is 0 Å². The summed E-state index contributed by atoms with van der Waals surface area (Å²) in [5.41, 5.74) is 0.118. The van der Waals surface area contributed by atoms with Gasteiger partial charge in [-0.25, -0.2) is 0 Å². The Labute approximate surface area is 217 Å². The van der Waals surface area contributed by atoms with E-state index in [1.165, 1.54) is 25.2 Å². The smallest absolute Gasteiger partial charge is 0.266 e. The van der Waals surface area contributed by atoms with Crippen LogP contribution < -0.4 is 15.4 Å². The van der Waals surface area contributed by atoms with Crippen molar-refractivity contribution in [1.82, 2.24) is 15.5 Å². The molecule has 3 N–H and O–H groups in total. The number of likely N-dealkylation sites (N-methyl/N-ethyl adjacent to an activating group) is 2. The fourth-order valence-corrected chi connectivity index (χ4v) is 3.13. The average Bonchev–Trinajstić information content (AvgIpc) is 3.18. The number of benzene rings is 1. The highest BCUT2D eigenvalue weighted by Crippen LogP contribution is 2.32. The van der Waals surface area contributed by atoms with Crippen LogP contribution in [0.4, 0.5) is 0 Å². The molecule has 0 aromatic heterocycles. The third kappa shape index (κ3) is 11.2. The molecule has 1 aromatic carbocycles. The first-order valence-corrected chi connectivity index (χ1v) is 12.1. The average molecular weight is 526 g/mol. The first-order chi connectivity index (χ1) is 18.0. The van der Waals surface area contributed by atoms with Crippen LogP contribution in [0.5, 0.6) is 5.75 Å². The summed E-state index contributed by atoms with van der Waals surface area (Å²) in [5.74, 6) is -1.75. The van der Waals surface area contributed by atoms with E-state index in [2.05, 4.69) is 10.6 Å². The predicted octanol–water partition coefficient (Wildman–Crippen LogP) is 0.212. The van der Waals surface area contributed by atoms with E-state index in [-0.39, 0.29) is 42.9 Å². The van der Waals surface area contributed by atoms with E-state index >= 15 is 0 Å². The van der Waals surface area contributed by atoms with Crippen molar-refractivity contribution < 1.29 is 43.3 Å². The Morgan fingerprint density at radius 3 is 2.27 bits per heavy atom. The van der Waals surface area contributed by atoms with Crippen molar-refractivity contribution in [2.75, 3.05) is 60.3 Å². The lowest BCUT2D eigenvalue weighted by molar-refractivity contribution is -0.124. The van der Waals surface area contributed by atoms with Crippen LogP contribution in [-0.2, 0) is 23.9 Å². The summed E-state index contributed by atoms with van der Waals surface area (Å²) < 4.78 is 15.3. The van der Waals surface area contributed by atoms with Crippen LogP contribution >= 0.6 is 0 Å². The van der Waals surface area contributed by atoms with Crippen LogP contribution in [0.1, 0.15) is 47.4 Å². The van der Waals surface area contributed by atoms with Gasteiger partial charge in [-0.1, -0.05) is 19.9 Å². The van der Waals surface area contributed by atoms with Crippen LogP contribution in [-0.4, -0.2) is 107 Å². The Kier molecular flexibility index (Phi) is 19.1. The Morgan fingerprint density at radius 1 is 1.03 bits per heavy atom. The zero-order valence-corrected chi connectivity index (χ0v) is 22.0. The number of carbonyl (C=O) groups is 5. The van der Waals surface area contributed by atoms with E-state index in [9.17, 15) is 24.0 Å². The maximum absolute atomic E-state index is 12.7. The molecule has 1 aliphatic rings. The van der Waals surface area contributed by atoms with Crippen molar-refractivity contribution in [2.45, 2.75) is 32.7 Å². The summed E-state index contributed by atoms with van der Waals surface area (Å²) in [6.45, 7) is 6.94. The summed E-state index contributed by atoms with van der Waals surface area (Å²) in [6, 6.07) is 3.35. The number of imide groups is 1. The third-order valence-electron chi connectivity index (χ3n) is 4.74. The molecule has 1 aliphatic heterocycles. The van der Waals surface area contributed by atoms with E-state index < -0.39 is 23.8 Å². The van der Waals surface area contributed by atoms with Gasteiger partial charge >= 0.3 is 0 Å². The Balaban J connectivity index is 0.000000841. The van der Waals surface area contributed by atoms with E-state index in [4.69, 9.17) is 19.3 Å². The molecule has 208 valence electrons. The summed E-state index contributed by atoms with van der Waals surface area (Å²) in [7, 11) is 3.26. The maximum atomic E-state index is 12.7. The highest BCUT2D eigenvalue weighted by molar-refractivity contribution is 6.24. The molecule has 0 radical (unpaired) electrons. The number of nitrogens with zero attached hydrogens (tertiary/aromatic N) is 1. The quantitative estimate of drug-likeness (QED) is 0.155. The van der Waals surface area contributed by atoms with Crippen molar-refractivity contribution in [3.63, 3.8) is 0 Å². The molecular formula is C25H39N3O9. The number of aliphatic hydroxyl groups excluding tert-OH is 1. The zero-order valence-electron chi connectivity index (χ0n) is 22.0. The lowest BCUT2D eigenvalue weighted by atomic mass is 10.1.